The number of oxazole rings is 1. The van der Waals surface area contributed by atoms with Crippen LogP contribution in [0.4, 0.5) is 4.39 Å². The Kier molecular flexibility index (Phi) is 5.83. The van der Waals surface area contributed by atoms with E-state index >= 15 is 0 Å². The lowest BCUT2D eigenvalue weighted by molar-refractivity contribution is 0.442. The van der Waals surface area contributed by atoms with Gasteiger partial charge in [0.05, 0.1) is 10.4 Å². The first-order chi connectivity index (χ1) is 16.8. The van der Waals surface area contributed by atoms with Crippen LogP contribution >= 0.6 is 11.6 Å². The average Bonchev–Trinajstić information content (AvgIpc) is 3.21. The first kappa shape index (κ1) is 22.8. The smallest absolute Gasteiger partial charge is 0.417 e. The van der Waals surface area contributed by atoms with E-state index in [2.05, 4.69) is 15.0 Å². The number of hydrogen-bond donors (Lipinski definition) is 1. The predicted octanol–water partition coefficient (Wildman–Crippen LogP) is 5.14. The maximum Gasteiger partial charge on any atom is 0.417 e. The van der Waals surface area contributed by atoms with E-state index in [1.54, 1.807) is 42.5 Å². The number of aromatic nitrogens is 3. The summed E-state index contributed by atoms with van der Waals surface area (Å²) in [5.74, 6) is -1.72. The number of sulfone groups is 1. The zero-order valence-electron chi connectivity index (χ0n) is 17.7. The van der Waals surface area contributed by atoms with Crippen molar-refractivity contribution in [3.8, 4) is 22.6 Å². The van der Waals surface area contributed by atoms with Gasteiger partial charge < -0.3 is 9.15 Å². The summed E-state index contributed by atoms with van der Waals surface area (Å²) in [5.41, 5.74) is 2.02. The molecule has 8 nitrogen and oxygen atoms in total. The molecule has 0 aliphatic carbocycles. The van der Waals surface area contributed by atoms with Gasteiger partial charge in [0.2, 0.25) is 0 Å². The second-order valence-electron chi connectivity index (χ2n) is 7.48. The second kappa shape index (κ2) is 8.97. The maximum absolute atomic E-state index is 14.9. The molecule has 0 amide bonds. The van der Waals surface area contributed by atoms with Crippen LogP contribution in [0.25, 0.3) is 22.2 Å². The highest BCUT2D eigenvalue weighted by molar-refractivity contribution is 7.90. The quantitative estimate of drug-likeness (QED) is 0.335. The predicted molar refractivity (Wildman–Crippen MR) is 127 cm³/mol. The number of nitrogens with one attached hydrogen (secondary N) is 1. The molecule has 0 spiro atoms. The number of halogens is 2. The van der Waals surface area contributed by atoms with Gasteiger partial charge in [0.25, 0.3) is 0 Å². The molecule has 0 saturated carbocycles. The molecule has 0 aliphatic heterocycles. The van der Waals surface area contributed by atoms with Gasteiger partial charge in [0.1, 0.15) is 17.3 Å². The summed E-state index contributed by atoms with van der Waals surface area (Å²) in [5, 5.41) is 0.415. The molecule has 0 bridgehead atoms. The number of ether oxygens (including phenoxy) is 1. The van der Waals surface area contributed by atoms with Gasteiger partial charge >= 0.3 is 5.76 Å². The van der Waals surface area contributed by atoms with Crippen molar-refractivity contribution < 1.29 is 22.0 Å². The van der Waals surface area contributed by atoms with Crippen LogP contribution in [0.3, 0.4) is 0 Å². The van der Waals surface area contributed by atoms with Gasteiger partial charge in [0, 0.05) is 23.0 Å². The van der Waals surface area contributed by atoms with Crippen LogP contribution in [0.1, 0.15) is 5.82 Å². The third-order valence-electron chi connectivity index (χ3n) is 5.09. The zero-order valence-corrected chi connectivity index (χ0v) is 19.3. The Morgan fingerprint density at radius 1 is 1.00 bits per heavy atom. The van der Waals surface area contributed by atoms with E-state index in [0.29, 0.717) is 27.2 Å². The standard InChI is InChI=1S/C24H15ClFN3O5S/c25-15-3-6-20(17(11-15)14-2-5-22-19(10-14)29-24(30)34-22)33-21-7-4-16(12-18(21)26)35(31,32)13-23-27-8-1-9-28-23/h1-12H,13H2,(H,29,30). The summed E-state index contributed by atoms with van der Waals surface area (Å²) in [6.07, 6.45) is 2.86. The van der Waals surface area contributed by atoms with E-state index in [1.165, 1.54) is 24.5 Å². The van der Waals surface area contributed by atoms with Crippen LogP contribution in [-0.2, 0) is 15.6 Å². The maximum atomic E-state index is 14.9. The van der Waals surface area contributed by atoms with Crippen molar-refractivity contribution in [2.75, 3.05) is 0 Å². The van der Waals surface area contributed by atoms with E-state index in [-0.39, 0.29) is 22.2 Å². The van der Waals surface area contributed by atoms with Gasteiger partial charge in [-0.05, 0) is 60.2 Å². The lowest BCUT2D eigenvalue weighted by atomic mass is 10.0. The molecule has 1 N–H and O–H groups in total. The Morgan fingerprint density at radius 2 is 1.77 bits per heavy atom. The van der Waals surface area contributed by atoms with Gasteiger partial charge in [0.15, 0.2) is 27.0 Å². The number of benzene rings is 3. The number of fused-ring (bicyclic) bond motifs is 1. The van der Waals surface area contributed by atoms with Crippen molar-refractivity contribution in [3.05, 3.63) is 100 Å². The van der Waals surface area contributed by atoms with Gasteiger partial charge in [-0.3, -0.25) is 4.98 Å². The van der Waals surface area contributed by atoms with Gasteiger partial charge in [-0.15, -0.1) is 0 Å². The second-order valence-corrected chi connectivity index (χ2v) is 9.91. The summed E-state index contributed by atoms with van der Waals surface area (Å²) < 4.78 is 51.1. The number of H-pyrrole nitrogens is 1. The monoisotopic (exact) mass is 511 g/mol. The Bertz CT molecular complexity index is 1720. The normalized spacial score (nSPS) is 11.6. The molecule has 0 unspecified atom stereocenters. The SMILES string of the molecule is O=c1[nH]c2cc(-c3cc(Cl)ccc3Oc3ccc(S(=O)(=O)Cc4ncccn4)cc3F)ccc2o1. The molecule has 35 heavy (non-hydrogen) atoms. The zero-order chi connectivity index (χ0) is 24.6. The van der Waals surface area contributed by atoms with E-state index in [4.69, 9.17) is 20.8 Å². The van der Waals surface area contributed by atoms with E-state index in [1.807, 2.05) is 0 Å². The van der Waals surface area contributed by atoms with Crippen LogP contribution in [0.5, 0.6) is 11.5 Å². The van der Waals surface area contributed by atoms with Crippen LogP contribution in [0.15, 0.2) is 87.2 Å². The summed E-state index contributed by atoms with van der Waals surface area (Å²) in [7, 11) is -3.88. The minimum absolute atomic E-state index is 0.106. The molecule has 2 heterocycles. The minimum Gasteiger partial charge on any atom is -0.454 e. The highest BCUT2D eigenvalue weighted by atomic mass is 35.5. The Morgan fingerprint density at radius 3 is 2.54 bits per heavy atom. The third kappa shape index (κ3) is 4.79. The topological polar surface area (TPSA) is 115 Å². The Hall–Kier alpha value is -4.02. The van der Waals surface area contributed by atoms with Gasteiger partial charge in [-0.25, -0.2) is 27.6 Å². The molecule has 5 aromatic rings. The van der Waals surface area contributed by atoms with Crippen LogP contribution in [0, 0.1) is 5.82 Å². The fourth-order valence-corrected chi connectivity index (χ4v) is 4.86. The summed E-state index contributed by atoms with van der Waals surface area (Å²) in [4.78, 5) is 21.6. The molecule has 3 aromatic carbocycles. The fourth-order valence-electron chi connectivity index (χ4n) is 3.47. The van der Waals surface area contributed by atoms with E-state index < -0.39 is 27.2 Å². The molecule has 5 rings (SSSR count). The molecule has 176 valence electrons. The molecule has 2 aromatic heterocycles. The van der Waals surface area contributed by atoms with Crippen LogP contribution in [-0.4, -0.2) is 23.4 Å². The lowest BCUT2D eigenvalue weighted by Gasteiger charge is -2.13. The highest BCUT2D eigenvalue weighted by Gasteiger charge is 2.20. The lowest BCUT2D eigenvalue weighted by Crippen LogP contribution is -2.08. The van der Waals surface area contributed by atoms with Crippen molar-refractivity contribution in [2.24, 2.45) is 0 Å². The van der Waals surface area contributed by atoms with Crippen molar-refractivity contribution in [1.29, 1.82) is 0 Å². The third-order valence-corrected chi connectivity index (χ3v) is 6.94. The highest BCUT2D eigenvalue weighted by Crippen LogP contribution is 2.37. The summed E-state index contributed by atoms with van der Waals surface area (Å²) in [6, 6.07) is 14.7. The Balaban J connectivity index is 1.47. The molecule has 0 saturated heterocycles. The molecule has 11 heteroatoms. The van der Waals surface area contributed by atoms with E-state index in [0.717, 1.165) is 6.07 Å². The largest absolute Gasteiger partial charge is 0.454 e. The first-order valence-electron chi connectivity index (χ1n) is 10.2. The van der Waals surface area contributed by atoms with Crippen LogP contribution < -0.4 is 10.5 Å². The van der Waals surface area contributed by atoms with Crippen molar-refractivity contribution in [2.45, 2.75) is 10.6 Å². The van der Waals surface area contributed by atoms with E-state index in [9.17, 15) is 17.6 Å². The van der Waals surface area contributed by atoms with Crippen molar-refractivity contribution >= 4 is 32.5 Å². The van der Waals surface area contributed by atoms with Gasteiger partial charge in [-0.2, -0.15) is 0 Å². The summed E-state index contributed by atoms with van der Waals surface area (Å²) in [6.45, 7) is 0. The fraction of sp³-hybridized carbons (Fsp3) is 0.0417. The first-order valence-corrected chi connectivity index (χ1v) is 12.2. The number of aromatic amines is 1. The summed E-state index contributed by atoms with van der Waals surface area (Å²) >= 11 is 6.18. The number of rotatable bonds is 6. The van der Waals surface area contributed by atoms with Crippen molar-refractivity contribution in [3.63, 3.8) is 0 Å². The molecular weight excluding hydrogens is 497 g/mol. The molecular formula is C24H15ClFN3O5S. The molecule has 0 aliphatic rings. The number of nitrogens with zero attached hydrogens (tertiary/aromatic N) is 2. The number of hydrogen-bond acceptors (Lipinski definition) is 7. The van der Waals surface area contributed by atoms with Crippen molar-refractivity contribution in [1.82, 2.24) is 15.0 Å². The van der Waals surface area contributed by atoms with Crippen LogP contribution in [0.2, 0.25) is 5.02 Å². The average molecular weight is 512 g/mol. The Labute approximate surface area is 202 Å². The molecule has 0 fully saturated rings. The molecule has 0 radical (unpaired) electrons. The molecule has 0 atom stereocenters. The minimum atomic E-state index is -3.88. The van der Waals surface area contributed by atoms with Gasteiger partial charge in [-0.1, -0.05) is 17.7 Å².